The maximum absolute atomic E-state index is 13.0. The van der Waals surface area contributed by atoms with Crippen molar-refractivity contribution >= 4 is 26.6 Å². The second kappa shape index (κ2) is 6.04. The van der Waals surface area contributed by atoms with Gasteiger partial charge in [-0.05, 0) is 60.5 Å². The van der Waals surface area contributed by atoms with Gasteiger partial charge in [0.15, 0.2) is 0 Å². The van der Waals surface area contributed by atoms with E-state index in [1.54, 1.807) is 30.5 Å². The average Bonchev–Trinajstić information content (AvgIpc) is 3.06. The summed E-state index contributed by atoms with van der Waals surface area (Å²) in [4.78, 5) is 0.278. The fraction of sp³-hybridized carbons (Fsp3) is 0.0476. The van der Waals surface area contributed by atoms with Gasteiger partial charge < -0.3 is 5.73 Å². The molecule has 26 heavy (non-hydrogen) atoms. The maximum Gasteiger partial charge on any atom is 0.268 e. The van der Waals surface area contributed by atoms with Gasteiger partial charge in [-0.2, -0.15) is 0 Å². The zero-order valence-corrected chi connectivity index (χ0v) is 15.1. The average molecular weight is 362 g/mol. The number of aromatic nitrogens is 1. The smallest absolute Gasteiger partial charge is 0.268 e. The summed E-state index contributed by atoms with van der Waals surface area (Å²) < 4.78 is 27.3. The molecule has 130 valence electrons. The number of aryl methyl sites for hydroxylation is 1. The van der Waals surface area contributed by atoms with E-state index in [9.17, 15) is 8.42 Å². The molecule has 2 N–H and O–H groups in total. The largest absolute Gasteiger partial charge is 0.399 e. The van der Waals surface area contributed by atoms with Crippen LogP contribution in [-0.4, -0.2) is 12.4 Å². The third-order valence-electron chi connectivity index (χ3n) is 4.45. The van der Waals surface area contributed by atoms with E-state index >= 15 is 0 Å². The van der Waals surface area contributed by atoms with Crippen LogP contribution >= 0.6 is 0 Å². The lowest BCUT2D eigenvalue weighted by Crippen LogP contribution is -2.11. The summed E-state index contributed by atoms with van der Waals surface area (Å²) in [6.07, 6.45) is 1.60. The van der Waals surface area contributed by atoms with Gasteiger partial charge >= 0.3 is 0 Å². The third kappa shape index (κ3) is 2.76. The molecule has 0 unspecified atom stereocenters. The highest BCUT2D eigenvalue weighted by Gasteiger charge is 2.18. The summed E-state index contributed by atoms with van der Waals surface area (Å²) in [7, 11) is -3.63. The van der Waals surface area contributed by atoms with E-state index in [2.05, 4.69) is 0 Å². The third-order valence-corrected chi connectivity index (χ3v) is 6.16. The Bertz CT molecular complexity index is 1210. The lowest BCUT2D eigenvalue weighted by Gasteiger charge is -2.09. The van der Waals surface area contributed by atoms with Crippen molar-refractivity contribution in [3.8, 4) is 11.1 Å². The van der Waals surface area contributed by atoms with Gasteiger partial charge in [-0.3, -0.25) is 0 Å². The van der Waals surface area contributed by atoms with Gasteiger partial charge in [-0.15, -0.1) is 0 Å². The predicted molar refractivity (Wildman–Crippen MR) is 106 cm³/mol. The Labute approximate surface area is 152 Å². The first-order valence-electron chi connectivity index (χ1n) is 8.24. The molecule has 1 heterocycles. The van der Waals surface area contributed by atoms with Crippen LogP contribution in [0.25, 0.3) is 22.0 Å². The Kier molecular flexibility index (Phi) is 3.81. The van der Waals surface area contributed by atoms with E-state index in [4.69, 9.17) is 5.73 Å². The Hall–Kier alpha value is -3.05. The van der Waals surface area contributed by atoms with Crippen LogP contribution in [0, 0.1) is 6.92 Å². The molecule has 0 spiro atoms. The molecule has 5 heteroatoms. The minimum atomic E-state index is -3.63. The normalized spacial score (nSPS) is 11.7. The number of fused-ring (bicyclic) bond motifs is 1. The fourth-order valence-corrected chi connectivity index (χ4v) is 4.40. The summed E-state index contributed by atoms with van der Waals surface area (Å²) in [6, 6.07) is 22.1. The van der Waals surface area contributed by atoms with E-state index in [1.807, 2.05) is 55.5 Å². The second-order valence-corrected chi connectivity index (χ2v) is 8.14. The van der Waals surface area contributed by atoms with E-state index in [1.165, 1.54) is 3.97 Å². The van der Waals surface area contributed by atoms with Crippen molar-refractivity contribution in [1.29, 1.82) is 0 Å². The van der Waals surface area contributed by atoms with Crippen LogP contribution in [0.4, 0.5) is 5.69 Å². The Morgan fingerprint density at radius 2 is 1.58 bits per heavy atom. The number of nitrogen functional groups attached to an aromatic ring is 1. The SMILES string of the molecule is Cc1ccc(S(=O)(=O)n2ccc3cc(-c4cccc(N)c4)ccc32)cc1. The standard InChI is InChI=1S/C21H18N2O2S/c1-15-5-8-20(9-6-15)26(24,25)23-12-11-18-13-17(7-10-21(18)23)16-3-2-4-19(22)14-16/h2-14H,22H2,1H3. The molecule has 0 aliphatic heterocycles. The molecule has 0 amide bonds. The van der Waals surface area contributed by atoms with E-state index in [0.717, 1.165) is 22.1 Å². The molecule has 0 aliphatic carbocycles. The second-order valence-electron chi connectivity index (χ2n) is 6.33. The number of hydrogen-bond acceptors (Lipinski definition) is 3. The summed E-state index contributed by atoms with van der Waals surface area (Å²) in [5.41, 5.74) is 10.2. The van der Waals surface area contributed by atoms with Crippen molar-refractivity contribution in [2.75, 3.05) is 5.73 Å². The van der Waals surface area contributed by atoms with Crippen molar-refractivity contribution in [2.45, 2.75) is 11.8 Å². The summed E-state index contributed by atoms with van der Waals surface area (Å²) in [5, 5.41) is 0.862. The molecular weight excluding hydrogens is 344 g/mol. The first-order valence-corrected chi connectivity index (χ1v) is 9.68. The Morgan fingerprint density at radius 3 is 2.31 bits per heavy atom. The highest BCUT2D eigenvalue weighted by molar-refractivity contribution is 7.90. The highest BCUT2D eigenvalue weighted by Crippen LogP contribution is 2.28. The fourth-order valence-electron chi connectivity index (χ4n) is 3.05. The monoisotopic (exact) mass is 362 g/mol. The molecule has 0 bridgehead atoms. The minimum Gasteiger partial charge on any atom is -0.399 e. The van der Waals surface area contributed by atoms with Crippen molar-refractivity contribution in [1.82, 2.24) is 3.97 Å². The van der Waals surface area contributed by atoms with Gasteiger partial charge in [0.1, 0.15) is 0 Å². The van der Waals surface area contributed by atoms with E-state index < -0.39 is 10.0 Å². The van der Waals surface area contributed by atoms with Gasteiger partial charge in [0.25, 0.3) is 10.0 Å². The van der Waals surface area contributed by atoms with Gasteiger partial charge in [0.2, 0.25) is 0 Å². The predicted octanol–water partition coefficient (Wildman–Crippen LogP) is 4.44. The van der Waals surface area contributed by atoms with Crippen molar-refractivity contribution in [3.05, 3.63) is 84.6 Å². The van der Waals surface area contributed by atoms with Crippen LogP contribution in [0.3, 0.4) is 0 Å². The zero-order chi connectivity index (χ0) is 18.3. The lowest BCUT2D eigenvalue weighted by molar-refractivity contribution is 0.589. The van der Waals surface area contributed by atoms with Crippen LogP contribution in [-0.2, 0) is 10.0 Å². The number of nitrogens with two attached hydrogens (primary N) is 1. The molecule has 0 atom stereocenters. The van der Waals surface area contributed by atoms with Crippen molar-refractivity contribution in [3.63, 3.8) is 0 Å². The zero-order valence-electron chi connectivity index (χ0n) is 14.3. The van der Waals surface area contributed by atoms with Crippen molar-refractivity contribution < 1.29 is 8.42 Å². The quantitative estimate of drug-likeness (QED) is 0.548. The molecule has 1 aromatic heterocycles. The van der Waals surface area contributed by atoms with Crippen LogP contribution in [0.2, 0.25) is 0 Å². The number of anilines is 1. The van der Waals surface area contributed by atoms with Gasteiger partial charge in [-0.1, -0.05) is 35.9 Å². The van der Waals surface area contributed by atoms with Gasteiger partial charge in [-0.25, -0.2) is 12.4 Å². The molecule has 0 saturated heterocycles. The summed E-state index contributed by atoms with van der Waals surface area (Å²) in [6.45, 7) is 1.93. The first kappa shape index (κ1) is 16.4. The van der Waals surface area contributed by atoms with Gasteiger partial charge in [0, 0.05) is 17.3 Å². The van der Waals surface area contributed by atoms with Crippen LogP contribution in [0.1, 0.15) is 5.56 Å². The Morgan fingerprint density at radius 1 is 0.846 bits per heavy atom. The lowest BCUT2D eigenvalue weighted by atomic mass is 10.0. The topological polar surface area (TPSA) is 65.1 Å². The molecule has 3 aromatic carbocycles. The number of hydrogen-bond donors (Lipinski definition) is 1. The molecular formula is C21H18N2O2S. The summed E-state index contributed by atoms with van der Waals surface area (Å²) >= 11 is 0. The first-order chi connectivity index (χ1) is 12.4. The van der Waals surface area contributed by atoms with Crippen LogP contribution < -0.4 is 5.73 Å². The molecule has 0 saturated carbocycles. The van der Waals surface area contributed by atoms with Crippen molar-refractivity contribution in [2.24, 2.45) is 0 Å². The van der Waals surface area contributed by atoms with Crippen LogP contribution in [0.15, 0.2) is 83.9 Å². The van der Waals surface area contributed by atoms with Crippen LogP contribution in [0.5, 0.6) is 0 Å². The molecule has 0 fully saturated rings. The highest BCUT2D eigenvalue weighted by atomic mass is 32.2. The number of rotatable bonds is 3. The van der Waals surface area contributed by atoms with E-state index in [0.29, 0.717) is 11.2 Å². The maximum atomic E-state index is 13.0. The Balaban J connectivity index is 1.82. The van der Waals surface area contributed by atoms with Gasteiger partial charge in [0.05, 0.1) is 10.4 Å². The number of nitrogens with zero attached hydrogens (tertiary/aromatic N) is 1. The van der Waals surface area contributed by atoms with E-state index in [-0.39, 0.29) is 4.90 Å². The molecule has 4 rings (SSSR count). The molecule has 0 aliphatic rings. The molecule has 4 aromatic rings. The minimum absolute atomic E-state index is 0.278. The number of benzene rings is 3. The molecule has 0 radical (unpaired) electrons. The molecule has 4 nitrogen and oxygen atoms in total. The summed E-state index contributed by atoms with van der Waals surface area (Å²) in [5.74, 6) is 0.